The lowest BCUT2D eigenvalue weighted by molar-refractivity contribution is 0.0702. The Morgan fingerprint density at radius 1 is 1.44 bits per heavy atom. The highest BCUT2D eigenvalue weighted by Gasteiger charge is 2.13. The molecule has 0 aliphatic heterocycles. The highest BCUT2D eigenvalue weighted by Crippen LogP contribution is 2.17. The summed E-state index contributed by atoms with van der Waals surface area (Å²) < 4.78 is 0. The molecular weight excluding hydrogens is 250 g/mol. The summed E-state index contributed by atoms with van der Waals surface area (Å²) in [7, 11) is 0. The van der Waals surface area contributed by atoms with Gasteiger partial charge in [-0.25, -0.2) is 9.78 Å². The van der Waals surface area contributed by atoms with Gasteiger partial charge in [-0.2, -0.15) is 0 Å². The molecule has 0 bridgehead atoms. The van der Waals surface area contributed by atoms with E-state index in [-0.39, 0.29) is 4.88 Å². The summed E-state index contributed by atoms with van der Waals surface area (Å²) in [6, 6.07) is 0.996. The zero-order chi connectivity index (χ0) is 13.7. The fourth-order valence-corrected chi connectivity index (χ4v) is 2.54. The Bertz CT molecular complexity index is 382. The van der Waals surface area contributed by atoms with Crippen LogP contribution in [-0.4, -0.2) is 46.1 Å². The molecule has 2 N–H and O–H groups in total. The molecule has 0 saturated carbocycles. The molecule has 0 saturated heterocycles. The van der Waals surface area contributed by atoms with Crippen molar-refractivity contribution in [3.05, 3.63) is 11.1 Å². The smallest absolute Gasteiger partial charge is 0.347 e. The van der Waals surface area contributed by atoms with Crippen LogP contribution in [0.2, 0.25) is 0 Å². The van der Waals surface area contributed by atoms with Crippen molar-refractivity contribution in [2.75, 3.05) is 18.4 Å². The van der Waals surface area contributed by atoms with Gasteiger partial charge in [0.15, 0.2) is 5.13 Å². The van der Waals surface area contributed by atoms with Gasteiger partial charge >= 0.3 is 5.97 Å². The lowest BCUT2D eigenvalue weighted by Crippen LogP contribution is -2.40. The number of hydrogen-bond acceptors (Lipinski definition) is 5. The molecular formula is C12H21N3O2S. The summed E-state index contributed by atoms with van der Waals surface area (Å²) in [5, 5.41) is 12.6. The molecule has 1 aromatic heterocycles. The van der Waals surface area contributed by atoms with E-state index in [2.05, 4.69) is 42.9 Å². The topological polar surface area (TPSA) is 65.5 Å². The van der Waals surface area contributed by atoms with Crippen LogP contribution in [0.1, 0.15) is 37.4 Å². The lowest BCUT2D eigenvalue weighted by atomic mass is 10.2. The van der Waals surface area contributed by atoms with E-state index in [4.69, 9.17) is 5.11 Å². The molecule has 0 amide bonds. The zero-order valence-corrected chi connectivity index (χ0v) is 12.1. The second kappa shape index (κ2) is 6.70. The Balaban J connectivity index is 2.42. The van der Waals surface area contributed by atoms with Crippen molar-refractivity contribution in [3.63, 3.8) is 0 Å². The average Bonchev–Trinajstić information content (AvgIpc) is 2.71. The monoisotopic (exact) mass is 271 g/mol. The third kappa shape index (κ3) is 4.27. The van der Waals surface area contributed by atoms with Crippen LogP contribution in [-0.2, 0) is 0 Å². The van der Waals surface area contributed by atoms with Gasteiger partial charge in [0.25, 0.3) is 0 Å². The largest absolute Gasteiger partial charge is 0.477 e. The maximum atomic E-state index is 10.7. The molecule has 1 aromatic rings. The Kier molecular flexibility index (Phi) is 5.55. The van der Waals surface area contributed by atoms with E-state index in [0.29, 0.717) is 17.2 Å². The summed E-state index contributed by atoms with van der Waals surface area (Å²) in [4.78, 5) is 17.4. The van der Waals surface area contributed by atoms with Gasteiger partial charge in [0.2, 0.25) is 0 Å². The third-order valence-corrected chi connectivity index (χ3v) is 3.63. The predicted molar refractivity (Wildman–Crippen MR) is 74.5 cm³/mol. The molecule has 0 unspecified atom stereocenters. The molecule has 0 aliphatic rings. The van der Waals surface area contributed by atoms with E-state index in [0.717, 1.165) is 13.1 Å². The van der Waals surface area contributed by atoms with E-state index in [9.17, 15) is 4.79 Å². The number of carboxylic acid groups (broad SMARTS) is 1. The molecule has 1 rings (SSSR count). The number of nitrogens with one attached hydrogen (secondary N) is 1. The first-order valence-electron chi connectivity index (χ1n) is 6.10. The molecule has 102 valence electrons. The standard InChI is InChI=1S/C12H21N3O2S/c1-8(2)15(9(3)4)6-5-13-12-14-7-10(18-12)11(16)17/h7-9H,5-6H2,1-4H3,(H,13,14)(H,16,17). The van der Waals surface area contributed by atoms with E-state index in [1.54, 1.807) is 0 Å². The number of thiazole rings is 1. The first-order chi connectivity index (χ1) is 8.41. The first kappa shape index (κ1) is 14.9. The van der Waals surface area contributed by atoms with Crippen LogP contribution in [0.3, 0.4) is 0 Å². The number of hydrogen-bond donors (Lipinski definition) is 2. The van der Waals surface area contributed by atoms with Crippen LogP contribution in [0.25, 0.3) is 0 Å². The van der Waals surface area contributed by atoms with Crippen LogP contribution >= 0.6 is 11.3 Å². The Labute approximate surface area is 112 Å². The fraction of sp³-hybridized carbons (Fsp3) is 0.667. The second-order valence-electron chi connectivity index (χ2n) is 4.69. The van der Waals surface area contributed by atoms with Gasteiger partial charge in [0.05, 0.1) is 6.20 Å². The Morgan fingerprint density at radius 2 is 2.06 bits per heavy atom. The van der Waals surface area contributed by atoms with Gasteiger partial charge in [0.1, 0.15) is 4.88 Å². The minimum atomic E-state index is -0.925. The van der Waals surface area contributed by atoms with Gasteiger partial charge in [0, 0.05) is 25.2 Å². The van der Waals surface area contributed by atoms with Gasteiger partial charge in [-0.05, 0) is 27.7 Å². The predicted octanol–water partition coefficient (Wildman–Crippen LogP) is 2.37. The maximum Gasteiger partial charge on any atom is 0.347 e. The summed E-state index contributed by atoms with van der Waals surface area (Å²) in [5.41, 5.74) is 0. The number of aromatic carboxylic acids is 1. The fourth-order valence-electron chi connectivity index (χ4n) is 1.86. The third-order valence-electron chi connectivity index (χ3n) is 2.69. The molecule has 18 heavy (non-hydrogen) atoms. The number of carboxylic acids is 1. The van der Waals surface area contributed by atoms with Crippen LogP contribution in [0.4, 0.5) is 5.13 Å². The van der Waals surface area contributed by atoms with Gasteiger partial charge in [-0.3, -0.25) is 4.90 Å². The molecule has 0 aliphatic carbocycles. The van der Waals surface area contributed by atoms with Gasteiger partial charge in [-0.15, -0.1) is 0 Å². The van der Waals surface area contributed by atoms with Gasteiger partial charge < -0.3 is 10.4 Å². The molecule has 0 fully saturated rings. The number of nitrogens with zero attached hydrogens (tertiary/aromatic N) is 2. The molecule has 0 aromatic carbocycles. The number of rotatable bonds is 7. The normalized spacial score (nSPS) is 11.5. The van der Waals surface area contributed by atoms with Crippen molar-refractivity contribution in [1.82, 2.24) is 9.88 Å². The van der Waals surface area contributed by atoms with Crippen molar-refractivity contribution in [2.45, 2.75) is 39.8 Å². The molecule has 6 heteroatoms. The first-order valence-corrected chi connectivity index (χ1v) is 6.92. The SMILES string of the molecule is CC(C)N(CCNc1ncc(C(=O)O)s1)C(C)C. The zero-order valence-electron chi connectivity index (χ0n) is 11.3. The number of aromatic nitrogens is 1. The van der Waals surface area contributed by atoms with Crippen LogP contribution < -0.4 is 5.32 Å². The summed E-state index contributed by atoms with van der Waals surface area (Å²) >= 11 is 1.17. The van der Waals surface area contributed by atoms with Gasteiger partial charge in [-0.1, -0.05) is 11.3 Å². The van der Waals surface area contributed by atoms with Crippen molar-refractivity contribution in [2.24, 2.45) is 0 Å². The molecule has 0 radical (unpaired) electrons. The summed E-state index contributed by atoms with van der Waals surface area (Å²) in [6.45, 7) is 10.4. The van der Waals surface area contributed by atoms with Crippen LogP contribution in [0.5, 0.6) is 0 Å². The van der Waals surface area contributed by atoms with E-state index in [1.807, 2.05) is 0 Å². The Hall–Kier alpha value is -1.14. The van der Waals surface area contributed by atoms with Crippen molar-refractivity contribution in [3.8, 4) is 0 Å². The van der Waals surface area contributed by atoms with Crippen molar-refractivity contribution < 1.29 is 9.90 Å². The molecule has 5 nitrogen and oxygen atoms in total. The van der Waals surface area contributed by atoms with E-state index < -0.39 is 5.97 Å². The minimum Gasteiger partial charge on any atom is -0.477 e. The molecule has 1 heterocycles. The van der Waals surface area contributed by atoms with Crippen molar-refractivity contribution in [1.29, 1.82) is 0 Å². The maximum absolute atomic E-state index is 10.7. The summed E-state index contributed by atoms with van der Waals surface area (Å²) in [5.74, 6) is -0.925. The van der Waals surface area contributed by atoms with Crippen LogP contribution in [0.15, 0.2) is 6.20 Å². The molecule has 0 atom stereocenters. The minimum absolute atomic E-state index is 0.266. The highest BCUT2D eigenvalue weighted by atomic mass is 32.1. The quantitative estimate of drug-likeness (QED) is 0.797. The average molecular weight is 271 g/mol. The summed E-state index contributed by atoms with van der Waals surface area (Å²) in [6.07, 6.45) is 1.39. The van der Waals surface area contributed by atoms with E-state index >= 15 is 0 Å². The molecule has 0 spiro atoms. The number of carbonyl (C=O) groups is 1. The Morgan fingerprint density at radius 3 is 2.50 bits per heavy atom. The lowest BCUT2D eigenvalue weighted by Gasteiger charge is -2.30. The highest BCUT2D eigenvalue weighted by molar-refractivity contribution is 7.17. The van der Waals surface area contributed by atoms with Crippen LogP contribution in [0, 0.1) is 0 Å². The van der Waals surface area contributed by atoms with Crippen molar-refractivity contribution >= 4 is 22.4 Å². The number of anilines is 1. The second-order valence-corrected chi connectivity index (χ2v) is 5.72. The van der Waals surface area contributed by atoms with E-state index in [1.165, 1.54) is 17.5 Å².